The van der Waals surface area contributed by atoms with Crippen molar-refractivity contribution in [1.29, 1.82) is 0 Å². The largest absolute Gasteiger partial charge is 0.508 e. The van der Waals surface area contributed by atoms with Crippen LogP contribution < -0.4 is 10.6 Å². The lowest BCUT2D eigenvalue weighted by atomic mass is 10.1. The fourth-order valence-electron chi connectivity index (χ4n) is 1.76. The van der Waals surface area contributed by atoms with Gasteiger partial charge in [0.1, 0.15) is 11.6 Å². The van der Waals surface area contributed by atoms with Gasteiger partial charge >= 0.3 is 0 Å². The van der Waals surface area contributed by atoms with Gasteiger partial charge in [0.05, 0.1) is 5.69 Å². The maximum atomic E-state index is 13.9. The maximum Gasteiger partial charge on any atom is 0.147 e. The second-order valence-electron chi connectivity index (χ2n) is 4.07. The van der Waals surface area contributed by atoms with Gasteiger partial charge in [-0.25, -0.2) is 4.39 Å². The van der Waals surface area contributed by atoms with Crippen molar-refractivity contribution in [3.63, 3.8) is 0 Å². The van der Waals surface area contributed by atoms with Crippen LogP contribution in [0.25, 0.3) is 0 Å². The first-order valence-electron chi connectivity index (χ1n) is 5.63. The number of nitrogens with zero attached hydrogens (tertiary/aromatic N) is 1. The summed E-state index contributed by atoms with van der Waals surface area (Å²) in [7, 11) is 1.77. The number of halogens is 1. The standard InChI is InChI=1S/C14H15FN2O/c1-17(11-3-5-12(18)6-4-11)14-7-2-10(9-16)8-13(14)15/h2-8,18H,9,16H2,1H3. The number of benzene rings is 2. The van der Waals surface area contributed by atoms with Crippen molar-refractivity contribution in [3.8, 4) is 5.75 Å². The van der Waals surface area contributed by atoms with Crippen molar-refractivity contribution in [2.75, 3.05) is 11.9 Å². The summed E-state index contributed by atoms with van der Waals surface area (Å²) in [6.45, 7) is 0.320. The molecule has 0 fully saturated rings. The smallest absolute Gasteiger partial charge is 0.147 e. The van der Waals surface area contributed by atoms with Gasteiger partial charge in [-0.2, -0.15) is 0 Å². The van der Waals surface area contributed by atoms with Crippen molar-refractivity contribution in [2.45, 2.75) is 6.54 Å². The molecule has 0 aromatic heterocycles. The summed E-state index contributed by atoms with van der Waals surface area (Å²) < 4.78 is 13.9. The topological polar surface area (TPSA) is 49.5 Å². The highest BCUT2D eigenvalue weighted by molar-refractivity contribution is 5.63. The van der Waals surface area contributed by atoms with Crippen LogP contribution in [-0.2, 0) is 6.54 Å². The Bertz CT molecular complexity index is 540. The molecule has 3 nitrogen and oxygen atoms in total. The lowest BCUT2D eigenvalue weighted by Crippen LogP contribution is -2.11. The Morgan fingerprint density at radius 3 is 2.39 bits per heavy atom. The maximum absolute atomic E-state index is 13.9. The third-order valence-corrected chi connectivity index (χ3v) is 2.85. The summed E-state index contributed by atoms with van der Waals surface area (Å²) in [6.07, 6.45) is 0. The average Bonchev–Trinajstić information content (AvgIpc) is 2.38. The molecule has 0 bridgehead atoms. The molecule has 0 amide bonds. The molecular weight excluding hydrogens is 231 g/mol. The van der Waals surface area contributed by atoms with E-state index in [2.05, 4.69) is 0 Å². The van der Waals surface area contributed by atoms with Crippen LogP contribution in [0.1, 0.15) is 5.56 Å². The third kappa shape index (κ3) is 2.43. The fraction of sp³-hybridized carbons (Fsp3) is 0.143. The SMILES string of the molecule is CN(c1ccc(O)cc1)c1ccc(CN)cc1F. The van der Waals surface area contributed by atoms with Gasteiger partial charge in [-0.05, 0) is 42.0 Å². The molecular formula is C14H15FN2O. The number of nitrogens with two attached hydrogens (primary N) is 1. The zero-order valence-corrected chi connectivity index (χ0v) is 10.1. The first-order chi connectivity index (χ1) is 8.61. The van der Waals surface area contributed by atoms with Crippen molar-refractivity contribution < 1.29 is 9.50 Å². The number of phenolic OH excluding ortho intramolecular Hbond substituents is 1. The highest BCUT2D eigenvalue weighted by atomic mass is 19.1. The normalized spacial score (nSPS) is 10.4. The number of hydrogen-bond acceptors (Lipinski definition) is 3. The molecule has 0 aliphatic rings. The Labute approximate surface area is 105 Å². The van der Waals surface area contributed by atoms with Gasteiger partial charge in [0, 0.05) is 19.3 Å². The summed E-state index contributed by atoms with van der Waals surface area (Å²) in [5.41, 5.74) is 7.49. The Kier molecular flexibility index (Phi) is 3.48. The molecule has 2 aromatic rings. The van der Waals surface area contributed by atoms with E-state index < -0.39 is 0 Å². The lowest BCUT2D eigenvalue weighted by molar-refractivity contribution is 0.475. The van der Waals surface area contributed by atoms with Crippen molar-refractivity contribution in [2.24, 2.45) is 5.73 Å². The van der Waals surface area contributed by atoms with Gasteiger partial charge in [0.25, 0.3) is 0 Å². The average molecular weight is 246 g/mol. The molecule has 2 rings (SSSR count). The van der Waals surface area contributed by atoms with Gasteiger partial charge in [-0.1, -0.05) is 6.07 Å². The number of anilines is 2. The Hall–Kier alpha value is -2.07. The molecule has 4 heteroatoms. The molecule has 3 N–H and O–H groups in total. The molecule has 0 radical (unpaired) electrons. The summed E-state index contributed by atoms with van der Waals surface area (Å²) in [6, 6.07) is 11.5. The van der Waals surface area contributed by atoms with Gasteiger partial charge in [-0.15, -0.1) is 0 Å². The van der Waals surface area contributed by atoms with Crippen molar-refractivity contribution in [3.05, 3.63) is 53.8 Å². The number of hydrogen-bond donors (Lipinski definition) is 2. The van der Waals surface area contributed by atoms with E-state index in [4.69, 9.17) is 5.73 Å². The van der Waals surface area contributed by atoms with Crippen molar-refractivity contribution >= 4 is 11.4 Å². The highest BCUT2D eigenvalue weighted by Gasteiger charge is 2.09. The molecule has 94 valence electrons. The van der Waals surface area contributed by atoms with E-state index in [1.807, 2.05) is 0 Å². The van der Waals surface area contributed by atoms with Crippen LogP contribution in [-0.4, -0.2) is 12.2 Å². The molecule has 0 aliphatic carbocycles. The van der Waals surface area contributed by atoms with E-state index in [1.54, 1.807) is 48.3 Å². The van der Waals surface area contributed by atoms with Crippen LogP contribution in [0.2, 0.25) is 0 Å². The molecule has 0 atom stereocenters. The van der Waals surface area contributed by atoms with E-state index in [1.165, 1.54) is 6.07 Å². The van der Waals surface area contributed by atoms with Crippen LogP contribution in [0.15, 0.2) is 42.5 Å². The van der Waals surface area contributed by atoms with E-state index in [-0.39, 0.29) is 11.6 Å². The molecule has 0 spiro atoms. The minimum atomic E-state index is -0.312. The molecule has 0 unspecified atom stereocenters. The predicted octanol–water partition coefficient (Wildman–Crippen LogP) is 2.76. The number of aromatic hydroxyl groups is 1. The first-order valence-corrected chi connectivity index (χ1v) is 5.63. The molecule has 0 heterocycles. The van der Waals surface area contributed by atoms with Crippen molar-refractivity contribution in [1.82, 2.24) is 0 Å². The van der Waals surface area contributed by atoms with E-state index >= 15 is 0 Å². The van der Waals surface area contributed by atoms with Crippen LogP contribution in [0.4, 0.5) is 15.8 Å². The second kappa shape index (κ2) is 5.06. The molecule has 0 aliphatic heterocycles. The second-order valence-corrected chi connectivity index (χ2v) is 4.07. The lowest BCUT2D eigenvalue weighted by Gasteiger charge is -2.20. The summed E-state index contributed by atoms with van der Waals surface area (Å²) in [4.78, 5) is 1.72. The third-order valence-electron chi connectivity index (χ3n) is 2.85. The quantitative estimate of drug-likeness (QED) is 0.875. The van der Waals surface area contributed by atoms with E-state index in [0.717, 1.165) is 11.3 Å². The minimum Gasteiger partial charge on any atom is -0.508 e. The molecule has 2 aromatic carbocycles. The Morgan fingerprint density at radius 2 is 1.83 bits per heavy atom. The molecule has 0 saturated heterocycles. The van der Waals surface area contributed by atoms with Crippen LogP contribution in [0, 0.1) is 5.82 Å². The summed E-state index contributed by atoms with van der Waals surface area (Å²) >= 11 is 0. The zero-order chi connectivity index (χ0) is 13.1. The van der Waals surface area contributed by atoms with Gasteiger partial charge in [0.15, 0.2) is 0 Å². The minimum absolute atomic E-state index is 0.186. The highest BCUT2D eigenvalue weighted by Crippen LogP contribution is 2.27. The van der Waals surface area contributed by atoms with E-state index in [0.29, 0.717) is 12.2 Å². The first kappa shape index (κ1) is 12.4. The summed E-state index contributed by atoms with van der Waals surface area (Å²) in [5, 5.41) is 9.23. The van der Waals surface area contributed by atoms with E-state index in [9.17, 15) is 9.50 Å². The summed E-state index contributed by atoms with van der Waals surface area (Å²) in [5.74, 6) is -0.125. The Balaban J connectivity index is 2.33. The predicted molar refractivity (Wildman–Crippen MR) is 70.5 cm³/mol. The molecule has 18 heavy (non-hydrogen) atoms. The van der Waals surface area contributed by atoms with Gasteiger partial charge in [-0.3, -0.25) is 0 Å². The zero-order valence-electron chi connectivity index (χ0n) is 10.1. The van der Waals surface area contributed by atoms with Gasteiger partial charge < -0.3 is 15.7 Å². The number of rotatable bonds is 3. The van der Waals surface area contributed by atoms with Crippen LogP contribution in [0.5, 0.6) is 5.75 Å². The fourth-order valence-corrected chi connectivity index (χ4v) is 1.76. The molecule has 0 saturated carbocycles. The number of phenols is 1. The van der Waals surface area contributed by atoms with Crippen LogP contribution in [0.3, 0.4) is 0 Å². The monoisotopic (exact) mass is 246 g/mol. The van der Waals surface area contributed by atoms with Gasteiger partial charge in [0.2, 0.25) is 0 Å². The Morgan fingerprint density at radius 1 is 1.17 bits per heavy atom. The van der Waals surface area contributed by atoms with Crippen LogP contribution >= 0.6 is 0 Å².